The average Bonchev–Trinajstić information content (AvgIpc) is 1.36. The Kier molecular flexibility index (Phi) is 14.6. The van der Waals surface area contributed by atoms with Crippen molar-refractivity contribution < 1.29 is 46.0 Å². The van der Waals surface area contributed by atoms with Crippen LogP contribution in [-0.2, 0) is 4.79 Å². The van der Waals surface area contributed by atoms with E-state index in [9.17, 15) is 4.79 Å². The van der Waals surface area contributed by atoms with Crippen LogP contribution in [0.3, 0.4) is 0 Å². The molecule has 0 heterocycles. The van der Waals surface area contributed by atoms with Crippen LogP contribution in [0.1, 0.15) is 8.35 Å². The maximum absolute atomic E-state index is 9.45. The van der Waals surface area contributed by atoms with Crippen LogP contribution in [0.4, 0.5) is 0 Å². The number of aliphatic hydroxyl groups is 1. The molecule has 0 aromatic heterocycles. The van der Waals surface area contributed by atoms with Gasteiger partial charge in [0.2, 0.25) is 0 Å². The molecule has 1 unspecified atom stereocenters. The molecule has 46 valence electrons. The average molecular weight is 131 g/mol. The van der Waals surface area contributed by atoms with Gasteiger partial charge in [-0.3, -0.25) is 0 Å². The van der Waals surface area contributed by atoms with E-state index in [4.69, 9.17) is 10.2 Å². The van der Waals surface area contributed by atoms with Gasteiger partial charge in [0.25, 0.3) is 0 Å². The van der Waals surface area contributed by atoms with E-state index in [0.29, 0.717) is 0 Å². The zero-order valence-electron chi connectivity index (χ0n) is 6.09. The molecule has 8 heavy (non-hydrogen) atoms. The predicted octanol–water partition coefficient (Wildman–Crippen LogP) is -3.27. The topological polar surface area (TPSA) is 92.5 Å². The van der Waals surface area contributed by atoms with Gasteiger partial charge in [-0.2, -0.15) is 0 Å². The summed E-state index contributed by atoms with van der Waals surface area (Å²) in [5.41, 5.74) is 0. The minimum Gasteiger partial charge on any atom is -1.00 e. The van der Waals surface area contributed by atoms with Gasteiger partial charge in [-0.05, 0) is 6.92 Å². The molecule has 0 fully saturated rings. The van der Waals surface area contributed by atoms with Gasteiger partial charge in [-0.15, -0.1) is 0 Å². The van der Waals surface area contributed by atoms with Crippen LogP contribution in [0.25, 0.3) is 0 Å². The number of carboxylic acids is 1. The summed E-state index contributed by atoms with van der Waals surface area (Å²) >= 11 is 0. The first kappa shape index (κ1) is 15.8. The summed E-state index contributed by atoms with van der Waals surface area (Å²) in [6.07, 6.45) is -1.23. The van der Waals surface area contributed by atoms with Crippen molar-refractivity contribution in [2.75, 3.05) is 0 Å². The normalized spacial score (nSPS) is 10.2. The number of carbonyl (C=O) groups is 1. The fourth-order valence-electron chi connectivity index (χ4n) is 0. The fourth-order valence-corrected chi connectivity index (χ4v) is 0. The quantitative estimate of drug-likeness (QED) is 0.325. The summed E-state index contributed by atoms with van der Waals surface area (Å²) in [6, 6.07) is 0. The molecule has 0 aliphatic heterocycles. The Balaban J connectivity index is -0.0000000417. The van der Waals surface area contributed by atoms with Crippen LogP contribution in [0.5, 0.6) is 0 Å². The van der Waals surface area contributed by atoms with E-state index >= 15 is 0 Å². The number of rotatable bonds is 1. The van der Waals surface area contributed by atoms with Gasteiger partial charge in [0.1, 0.15) is 6.10 Å². The van der Waals surface area contributed by atoms with Crippen LogP contribution in [0, 0.1) is 0 Å². The molecule has 0 aliphatic rings. The molecule has 0 amide bonds. The van der Waals surface area contributed by atoms with E-state index in [-0.39, 0.29) is 37.1 Å². The number of hydrogen-bond donors (Lipinski definition) is 3. The molecule has 0 radical (unpaired) electrons. The third-order valence-electron chi connectivity index (χ3n) is 0.357. The number of aliphatic carboxylic acids is 1. The van der Waals surface area contributed by atoms with Crippen molar-refractivity contribution in [1.29, 1.82) is 0 Å². The first-order valence-electron chi connectivity index (χ1n) is 1.55. The predicted molar refractivity (Wildman–Crippen MR) is 25.5 cm³/mol. The Morgan fingerprint density at radius 1 is 1.75 bits per heavy atom. The Hall–Kier alpha value is 0.390. The Bertz CT molecular complexity index is 70.1. The van der Waals surface area contributed by atoms with Crippen LogP contribution >= 0.6 is 0 Å². The summed E-state index contributed by atoms with van der Waals surface area (Å²) in [4.78, 5) is 9.45. The third-order valence-corrected chi connectivity index (χ3v) is 0.357. The molecule has 0 saturated carbocycles. The second kappa shape index (κ2) is 7.39. The SMILES string of the molecule is CC(O)C(=O)O.N.[H-].[Na+]. The van der Waals surface area contributed by atoms with Crippen LogP contribution in [0.15, 0.2) is 0 Å². The molecule has 5 N–H and O–H groups in total. The Morgan fingerprint density at radius 2 is 1.88 bits per heavy atom. The molecule has 0 aromatic rings. The maximum Gasteiger partial charge on any atom is 1.00 e. The van der Waals surface area contributed by atoms with Crippen molar-refractivity contribution >= 4 is 5.97 Å². The van der Waals surface area contributed by atoms with E-state index < -0.39 is 12.1 Å². The van der Waals surface area contributed by atoms with E-state index in [1.807, 2.05) is 0 Å². The van der Waals surface area contributed by atoms with Gasteiger partial charge >= 0.3 is 35.5 Å². The van der Waals surface area contributed by atoms with Gasteiger partial charge in [0.05, 0.1) is 0 Å². The number of carboxylic acid groups (broad SMARTS) is 1. The van der Waals surface area contributed by atoms with Gasteiger partial charge in [-0.25, -0.2) is 4.79 Å². The van der Waals surface area contributed by atoms with Crippen molar-refractivity contribution in [2.24, 2.45) is 0 Å². The molecule has 1 atom stereocenters. The maximum atomic E-state index is 9.45. The molecule has 0 aliphatic carbocycles. The molecule has 5 heteroatoms. The summed E-state index contributed by atoms with van der Waals surface area (Å²) in [5, 5.41) is 15.8. The zero-order valence-corrected chi connectivity index (χ0v) is 7.09. The van der Waals surface area contributed by atoms with Gasteiger partial charge in [-0.1, -0.05) is 0 Å². The van der Waals surface area contributed by atoms with E-state index in [1.165, 1.54) is 6.92 Å². The third kappa shape index (κ3) is 9.63. The summed E-state index contributed by atoms with van der Waals surface area (Å²) < 4.78 is 0. The van der Waals surface area contributed by atoms with E-state index in [2.05, 4.69) is 0 Å². The van der Waals surface area contributed by atoms with Crippen molar-refractivity contribution in [3.05, 3.63) is 0 Å². The molecule has 0 bridgehead atoms. The molecule has 0 saturated heterocycles. The largest absolute Gasteiger partial charge is 1.00 e. The van der Waals surface area contributed by atoms with Gasteiger partial charge < -0.3 is 17.8 Å². The molecule has 0 rings (SSSR count). The molecular weight excluding hydrogens is 121 g/mol. The molecular formula is C3H10NNaO3. The second-order valence-corrected chi connectivity index (χ2v) is 1.01. The van der Waals surface area contributed by atoms with Crippen LogP contribution in [-0.4, -0.2) is 22.3 Å². The summed E-state index contributed by atoms with van der Waals surface area (Å²) in [5.74, 6) is -1.19. The smallest absolute Gasteiger partial charge is 1.00 e. The zero-order chi connectivity index (χ0) is 5.15. The molecule has 4 nitrogen and oxygen atoms in total. The molecule has 0 spiro atoms. The monoisotopic (exact) mass is 131 g/mol. The van der Waals surface area contributed by atoms with Gasteiger partial charge in [0.15, 0.2) is 0 Å². The number of aliphatic hydroxyl groups excluding tert-OH is 1. The van der Waals surface area contributed by atoms with Crippen molar-refractivity contribution in [3.8, 4) is 0 Å². The van der Waals surface area contributed by atoms with Crippen molar-refractivity contribution in [3.63, 3.8) is 0 Å². The minimum absolute atomic E-state index is 0. The van der Waals surface area contributed by atoms with Gasteiger partial charge in [0, 0.05) is 0 Å². The fraction of sp³-hybridized carbons (Fsp3) is 0.667. The summed E-state index contributed by atoms with van der Waals surface area (Å²) in [6.45, 7) is 1.20. The van der Waals surface area contributed by atoms with E-state index in [1.54, 1.807) is 0 Å². The second-order valence-electron chi connectivity index (χ2n) is 1.01. The minimum atomic E-state index is -1.23. The Labute approximate surface area is 71.3 Å². The number of hydrogen-bond acceptors (Lipinski definition) is 3. The molecule has 0 aromatic carbocycles. The van der Waals surface area contributed by atoms with Crippen LogP contribution < -0.4 is 35.7 Å². The van der Waals surface area contributed by atoms with E-state index in [0.717, 1.165) is 0 Å². The van der Waals surface area contributed by atoms with Crippen LogP contribution in [0.2, 0.25) is 0 Å². The standard InChI is InChI=1S/C3H6O3.H3N.Na.H/c1-2(4)3(5)6;;;/h2,4H,1H3,(H,5,6);1H3;;/q;;+1;-1. The Morgan fingerprint density at radius 3 is 1.88 bits per heavy atom. The van der Waals surface area contributed by atoms with Crippen molar-refractivity contribution in [2.45, 2.75) is 13.0 Å². The first-order chi connectivity index (χ1) is 2.64. The summed E-state index contributed by atoms with van der Waals surface area (Å²) in [7, 11) is 0. The van der Waals surface area contributed by atoms with Crippen molar-refractivity contribution in [1.82, 2.24) is 6.15 Å². The first-order valence-corrected chi connectivity index (χ1v) is 1.55.